The van der Waals surface area contributed by atoms with Gasteiger partial charge in [0, 0.05) is 18.7 Å². The molecule has 0 saturated carbocycles. The third kappa shape index (κ3) is 3.45. The maximum absolute atomic E-state index is 13.4. The van der Waals surface area contributed by atoms with E-state index in [1.165, 1.54) is 13.2 Å². The molecule has 0 aliphatic heterocycles. The van der Waals surface area contributed by atoms with E-state index in [4.69, 9.17) is 4.74 Å². The molecule has 0 radical (unpaired) electrons. The molecule has 0 atom stereocenters. The van der Waals surface area contributed by atoms with Crippen molar-refractivity contribution in [2.75, 3.05) is 7.11 Å². The third-order valence-corrected chi connectivity index (χ3v) is 2.85. The summed E-state index contributed by atoms with van der Waals surface area (Å²) in [5.41, 5.74) is 1.60. The summed E-state index contributed by atoms with van der Waals surface area (Å²) in [6.45, 7) is 1.03. The Morgan fingerprint density at radius 3 is 2.68 bits per heavy atom. The second-order valence-electron chi connectivity index (χ2n) is 4.20. The SMILES string of the molecule is COc1cc(CNCc2ccccc2F)ccc1O. The lowest BCUT2D eigenvalue weighted by Crippen LogP contribution is -2.13. The number of methoxy groups -OCH3 is 1. The summed E-state index contributed by atoms with van der Waals surface area (Å²) in [5.74, 6) is 0.337. The minimum Gasteiger partial charge on any atom is -0.504 e. The molecule has 0 aromatic heterocycles. The van der Waals surface area contributed by atoms with Crippen LogP contribution in [-0.2, 0) is 13.1 Å². The van der Waals surface area contributed by atoms with Crippen molar-refractivity contribution in [1.82, 2.24) is 5.32 Å². The van der Waals surface area contributed by atoms with Crippen LogP contribution in [0.4, 0.5) is 4.39 Å². The van der Waals surface area contributed by atoms with Crippen LogP contribution in [0.2, 0.25) is 0 Å². The number of ether oxygens (including phenoxy) is 1. The fraction of sp³-hybridized carbons (Fsp3) is 0.200. The van der Waals surface area contributed by atoms with Crippen molar-refractivity contribution in [2.45, 2.75) is 13.1 Å². The lowest BCUT2D eigenvalue weighted by atomic mass is 10.2. The Hall–Kier alpha value is -2.07. The van der Waals surface area contributed by atoms with Crippen LogP contribution < -0.4 is 10.1 Å². The van der Waals surface area contributed by atoms with E-state index >= 15 is 0 Å². The first-order valence-corrected chi connectivity index (χ1v) is 6.00. The van der Waals surface area contributed by atoms with Gasteiger partial charge in [-0.25, -0.2) is 4.39 Å². The first-order chi connectivity index (χ1) is 9.20. The minimum absolute atomic E-state index is 0.111. The van der Waals surface area contributed by atoms with Crippen molar-refractivity contribution < 1.29 is 14.2 Å². The molecular formula is C15H16FNO2. The highest BCUT2D eigenvalue weighted by Gasteiger charge is 2.03. The van der Waals surface area contributed by atoms with Crippen LogP contribution in [0.25, 0.3) is 0 Å². The molecule has 0 fully saturated rings. The summed E-state index contributed by atoms with van der Waals surface area (Å²) < 4.78 is 18.4. The molecule has 0 unspecified atom stereocenters. The third-order valence-electron chi connectivity index (χ3n) is 2.85. The van der Waals surface area contributed by atoms with Gasteiger partial charge in [0.05, 0.1) is 7.11 Å². The van der Waals surface area contributed by atoms with E-state index in [9.17, 15) is 9.50 Å². The van der Waals surface area contributed by atoms with Gasteiger partial charge in [0.1, 0.15) is 5.82 Å². The lowest BCUT2D eigenvalue weighted by Gasteiger charge is -2.08. The summed E-state index contributed by atoms with van der Waals surface area (Å²) in [6.07, 6.45) is 0. The summed E-state index contributed by atoms with van der Waals surface area (Å²) in [4.78, 5) is 0. The molecule has 0 amide bonds. The number of hydrogen-bond donors (Lipinski definition) is 2. The Kier molecular flexibility index (Phi) is 4.36. The van der Waals surface area contributed by atoms with Crippen LogP contribution in [0.15, 0.2) is 42.5 Å². The summed E-state index contributed by atoms with van der Waals surface area (Å²) in [7, 11) is 1.51. The number of benzene rings is 2. The molecule has 0 aliphatic rings. The first kappa shape index (κ1) is 13.4. The van der Waals surface area contributed by atoms with Crippen LogP contribution in [0, 0.1) is 5.82 Å². The number of rotatable bonds is 5. The molecule has 0 bridgehead atoms. The quantitative estimate of drug-likeness (QED) is 0.869. The van der Waals surface area contributed by atoms with Crippen molar-refractivity contribution in [3.8, 4) is 11.5 Å². The Morgan fingerprint density at radius 1 is 1.16 bits per heavy atom. The van der Waals surface area contributed by atoms with Crippen molar-refractivity contribution >= 4 is 0 Å². The smallest absolute Gasteiger partial charge is 0.160 e. The van der Waals surface area contributed by atoms with E-state index in [0.29, 0.717) is 24.4 Å². The maximum Gasteiger partial charge on any atom is 0.160 e. The van der Waals surface area contributed by atoms with E-state index in [2.05, 4.69) is 5.32 Å². The highest BCUT2D eigenvalue weighted by molar-refractivity contribution is 5.41. The van der Waals surface area contributed by atoms with Gasteiger partial charge in [0.15, 0.2) is 11.5 Å². The molecule has 4 heteroatoms. The number of nitrogens with one attached hydrogen (secondary N) is 1. The van der Waals surface area contributed by atoms with E-state index in [1.807, 2.05) is 6.07 Å². The summed E-state index contributed by atoms with van der Waals surface area (Å²) >= 11 is 0. The standard InChI is InChI=1S/C15H16FNO2/c1-19-15-8-11(6-7-14(15)18)9-17-10-12-4-2-3-5-13(12)16/h2-8,17-18H,9-10H2,1H3. The maximum atomic E-state index is 13.4. The monoisotopic (exact) mass is 261 g/mol. The second-order valence-corrected chi connectivity index (χ2v) is 4.20. The zero-order valence-corrected chi connectivity index (χ0v) is 10.7. The molecule has 2 rings (SSSR count). The van der Waals surface area contributed by atoms with Crippen molar-refractivity contribution in [3.05, 3.63) is 59.4 Å². The van der Waals surface area contributed by atoms with Crippen molar-refractivity contribution in [1.29, 1.82) is 0 Å². The zero-order chi connectivity index (χ0) is 13.7. The van der Waals surface area contributed by atoms with Crippen LogP contribution in [-0.4, -0.2) is 12.2 Å². The Morgan fingerprint density at radius 2 is 1.95 bits per heavy atom. The molecule has 2 aromatic carbocycles. The average molecular weight is 261 g/mol. The molecule has 2 aromatic rings. The van der Waals surface area contributed by atoms with E-state index in [-0.39, 0.29) is 11.6 Å². The molecule has 0 aliphatic carbocycles. The number of hydrogen-bond acceptors (Lipinski definition) is 3. The number of halogens is 1. The number of phenolic OH excluding ortho intramolecular Hbond substituents is 1. The molecule has 0 saturated heterocycles. The Labute approximate surface area is 111 Å². The van der Waals surface area contributed by atoms with Gasteiger partial charge < -0.3 is 15.2 Å². The average Bonchev–Trinajstić information content (AvgIpc) is 2.43. The fourth-order valence-corrected chi connectivity index (χ4v) is 1.82. The molecule has 100 valence electrons. The molecule has 3 nitrogen and oxygen atoms in total. The summed E-state index contributed by atoms with van der Waals surface area (Å²) in [5, 5.41) is 12.6. The predicted molar refractivity (Wildman–Crippen MR) is 71.6 cm³/mol. The van der Waals surface area contributed by atoms with Gasteiger partial charge in [-0.05, 0) is 23.8 Å². The fourth-order valence-electron chi connectivity index (χ4n) is 1.82. The van der Waals surface area contributed by atoms with E-state index in [0.717, 1.165) is 5.56 Å². The van der Waals surface area contributed by atoms with E-state index < -0.39 is 0 Å². The van der Waals surface area contributed by atoms with Gasteiger partial charge in [-0.1, -0.05) is 24.3 Å². The highest BCUT2D eigenvalue weighted by atomic mass is 19.1. The number of phenols is 1. The Bertz CT molecular complexity index is 558. The van der Waals surface area contributed by atoms with Gasteiger partial charge in [-0.3, -0.25) is 0 Å². The van der Waals surface area contributed by atoms with Crippen LogP contribution >= 0.6 is 0 Å². The van der Waals surface area contributed by atoms with Gasteiger partial charge in [-0.2, -0.15) is 0 Å². The lowest BCUT2D eigenvalue weighted by molar-refractivity contribution is 0.372. The van der Waals surface area contributed by atoms with E-state index in [1.54, 1.807) is 30.3 Å². The van der Waals surface area contributed by atoms with Gasteiger partial charge in [0.2, 0.25) is 0 Å². The van der Waals surface area contributed by atoms with Crippen molar-refractivity contribution in [2.24, 2.45) is 0 Å². The molecule has 19 heavy (non-hydrogen) atoms. The molecule has 2 N–H and O–H groups in total. The minimum atomic E-state index is -0.210. The summed E-state index contributed by atoms with van der Waals surface area (Å²) in [6, 6.07) is 11.8. The first-order valence-electron chi connectivity index (χ1n) is 6.00. The predicted octanol–water partition coefficient (Wildman–Crippen LogP) is 2.83. The van der Waals surface area contributed by atoms with Gasteiger partial charge in [0.25, 0.3) is 0 Å². The van der Waals surface area contributed by atoms with Crippen molar-refractivity contribution in [3.63, 3.8) is 0 Å². The molecule has 0 spiro atoms. The van der Waals surface area contributed by atoms with Gasteiger partial charge in [-0.15, -0.1) is 0 Å². The molecular weight excluding hydrogens is 245 g/mol. The number of aromatic hydroxyl groups is 1. The normalized spacial score (nSPS) is 10.4. The van der Waals surface area contributed by atoms with Crippen LogP contribution in [0.3, 0.4) is 0 Å². The van der Waals surface area contributed by atoms with Crippen LogP contribution in [0.5, 0.6) is 11.5 Å². The van der Waals surface area contributed by atoms with Crippen LogP contribution in [0.1, 0.15) is 11.1 Å². The largest absolute Gasteiger partial charge is 0.504 e. The topological polar surface area (TPSA) is 41.5 Å². The zero-order valence-electron chi connectivity index (χ0n) is 10.7. The molecule has 0 heterocycles. The Balaban J connectivity index is 1.94. The highest BCUT2D eigenvalue weighted by Crippen LogP contribution is 2.26. The van der Waals surface area contributed by atoms with Gasteiger partial charge >= 0.3 is 0 Å². The second kappa shape index (κ2) is 6.20.